The molecule has 0 bridgehead atoms. The Labute approximate surface area is 118 Å². The van der Waals surface area contributed by atoms with Crippen molar-refractivity contribution in [2.75, 3.05) is 0 Å². The second kappa shape index (κ2) is 4.94. The molecule has 0 saturated heterocycles. The molecular formula is C13H12BrClO3. The lowest BCUT2D eigenvalue weighted by molar-refractivity contribution is 0.0663. The quantitative estimate of drug-likeness (QED) is 0.883. The van der Waals surface area contributed by atoms with Crippen molar-refractivity contribution < 1.29 is 14.3 Å². The highest BCUT2D eigenvalue weighted by Gasteiger charge is 2.22. The third-order valence-electron chi connectivity index (χ3n) is 2.62. The summed E-state index contributed by atoms with van der Waals surface area (Å²) < 4.78 is 6.11. The van der Waals surface area contributed by atoms with Gasteiger partial charge >= 0.3 is 5.97 Å². The highest BCUT2D eigenvalue weighted by Crippen LogP contribution is 2.35. The van der Waals surface area contributed by atoms with E-state index in [1.54, 1.807) is 12.1 Å². The van der Waals surface area contributed by atoms with Gasteiger partial charge in [-0.25, -0.2) is 4.79 Å². The number of furan rings is 1. The van der Waals surface area contributed by atoms with E-state index < -0.39 is 5.97 Å². The van der Waals surface area contributed by atoms with Gasteiger partial charge in [-0.1, -0.05) is 25.4 Å². The molecule has 5 heteroatoms. The van der Waals surface area contributed by atoms with Gasteiger partial charge in [0.1, 0.15) is 5.58 Å². The predicted octanol–water partition coefficient (Wildman–Crippen LogP) is 4.75. The normalized spacial score (nSPS) is 11.4. The molecule has 0 unspecified atom stereocenters. The van der Waals surface area contributed by atoms with Crippen LogP contribution in [0.15, 0.2) is 21.0 Å². The fourth-order valence-corrected chi connectivity index (χ4v) is 2.85. The molecule has 0 spiro atoms. The SMILES string of the molecule is CC(C)Cc1c(C(=O)O)oc2c(Br)cc(Cl)cc12. The Morgan fingerprint density at radius 2 is 2.17 bits per heavy atom. The standard InChI is InChI=1S/C13H12BrClO3/c1-6(2)3-8-9-4-7(15)5-10(14)11(9)18-12(8)13(16)17/h4-6H,3H2,1-2H3,(H,16,17). The van der Waals surface area contributed by atoms with Crippen LogP contribution in [0.1, 0.15) is 30.0 Å². The molecule has 0 fully saturated rings. The van der Waals surface area contributed by atoms with Crippen LogP contribution < -0.4 is 0 Å². The smallest absolute Gasteiger partial charge is 0.372 e. The Morgan fingerprint density at radius 3 is 2.72 bits per heavy atom. The molecule has 0 aliphatic heterocycles. The summed E-state index contributed by atoms with van der Waals surface area (Å²) in [6.45, 7) is 4.06. The maximum Gasteiger partial charge on any atom is 0.372 e. The molecule has 1 N–H and O–H groups in total. The number of hydrogen-bond donors (Lipinski definition) is 1. The lowest BCUT2D eigenvalue weighted by Gasteiger charge is -2.04. The minimum atomic E-state index is -1.05. The van der Waals surface area contributed by atoms with Gasteiger partial charge in [0.25, 0.3) is 0 Å². The van der Waals surface area contributed by atoms with Crippen LogP contribution in [-0.4, -0.2) is 11.1 Å². The third-order valence-corrected chi connectivity index (χ3v) is 3.43. The number of aromatic carboxylic acids is 1. The molecule has 1 aromatic carbocycles. The molecule has 96 valence electrons. The van der Waals surface area contributed by atoms with Crippen LogP contribution in [0.4, 0.5) is 0 Å². The number of hydrogen-bond acceptors (Lipinski definition) is 2. The zero-order valence-electron chi connectivity index (χ0n) is 9.96. The molecule has 2 rings (SSSR count). The Morgan fingerprint density at radius 1 is 1.50 bits per heavy atom. The molecule has 0 atom stereocenters. The monoisotopic (exact) mass is 330 g/mol. The first-order valence-corrected chi connectivity index (χ1v) is 6.71. The Hall–Kier alpha value is -1.00. The maximum atomic E-state index is 11.2. The summed E-state index contributed by atoms with van der Waals surface area (Å²) in [5.41, 5.74) is 1.24. The largest absolute Gasteiger partial charge is 0.475 e. The minimum Gasteiger partial charge on any atom is -0.475 e. The molecule has 0 aliphatic carbocycles. The highest BCUT2D eigenvalue weighted by atomic mass is 79.9. The number of carboxylic acids is 1. The highest BCUT2D eigenvalue weighted by molar-refractivity contribution is 9.10. The van der Waals surface area contributed by atoms with E-state index >= 15 is 0 Å². The molecule has 1 aromatic heterocycles. The van der Waals surface area contributed by atoms with Gasteiger partial charge in [-0.05, 0) is 40.4 Å². The van der Waals surface area contributed by atoms with Crippen LogP contribution in [0.5, 0.6) is 0 Å². The molecule has 3 nitrogen and oxygen atoms in total. The fraction of sp³-hybridized carbons (Fsp3) is 0.308. The lowest BCUT2D eigenvalue weighted by Crippen LogP contribution is -2.02. The maximum absolute atomic E-state index is 11.2. The average molecular weight is 332 g/mol. The van der Waals surface area contributed by atoms with Crippen LogP contribution in [-0.2, 0) is 6.42 Å². The van der Waals surface area contributed by atoms with Crippen LogP contribution in [0, 0.1) is 5.92 Å². The van der Waals surface area contributed by atoms with Crippen molar-refractivity contribution in [2.24, 2.45) is 5.92 Å². The van der Waals surface area contributed by atoms with Crippen LogP contribution >= 0.6 is 27.5 Å². The van der Waals surface area contributed by atoms with E-state index in [1.807, 2.05) is 13.8 Å². The molecule has 18 heavy (non-hydrogen) atoms. The number of rotatable bonds is 3. The van der Waals surface area contributed by atoms with Crippen molar-refractivity contribution in [3.63, 3.8) is 0 Å². The predicted molar refractivity (Wildman–Crippen MR) is 74.4 cm³/mol. The Kier molecular flexibility index (Phi) is 3.69. The van der Waals surface area contributed by atoms with Gasteiger partial charge in [-0.3, -0.25) is 0 Å². The topological polar surface area (TPSA) is 50.4 Å². The average Bonchev–Trinajstić information content (AvgIpc) is 2.57. The van der Waals surface area contributed by atoms with E-state index in [9.17, 15) is 9.90 Å². The molecule has 0 amide bonds. The summed E-state index contributed by atoms with van der Waals surface area (Å²) >= 11 is 9.34. The second-order valence-electron chi connectivity index (χ2n) is 4.58. The van der Waals surface area contributed by atoms with E-state index in [0.29, 0.717) is 33.0 Å². The van der Waals surface area contributed by atoms with Crippen molar-refractivity contribution >= 4 is 44.5 Å². The van der Waals surface area contributed by atoms with Gasteiger partial charge in [0.15, 0.2) is 0 Å². The zero-order chi connectivity index (χ0) is 13.4. The first-order chi connectivity index (χ1) is 8.40. The molecule has 1 heterocycles. The van der Waals surface area contributed by atoms with Gasteiger partial charge in [0, 0.05) is 16.0 Å². The van der Waals surface area contributed by atoms with Crippen molar-refractivity contribution in [3.8, 4) is 0 Å². The number of fused-ring (bicyclic) bond motifs is 1. The summed E-state index contributed by atoms with van der Waals surface area (Å²) in [7, 11) is 0. The van der Waals surface area contributed by atoms with E-state index in [2.05, 4.69) is 15.9 Å². The van der Waals surface area contributed by atoms with E-state index in [0.717, 1.165) is 5.39 Å². The van der Waals surface area contributed by atoms with Crippen molar-refractivity contribution in [3.05, 3.63) is 33.0 Å². The Balaban J connectivity index is 2.76. The van der Waals surface area contributed by atoms with E-state index in [1.165, 1.54) is 0 Å². The molecular weight excluding hydrogens is 319 g/mol. The summed E-state index contributed by atoms with van der Waals surface area (Å²) in [5, 5.41) is 10.5. The summed E-state index contributed by atoms with van der Waals surface area (Å²) in [6.07, 6.45) is 0.640. The van der Waals surface area contributed by atoms with E-state index in [4.69, 9.17) is 16.0 Å². The number of benzene rings is 1. The Bertz CT molecular complexity index is 616. The van der Waals surface area contributed by atoms with Crippen LogP contribution in [0.2, 0.25) is 5.02 Å². The third kappa shape index (κ3) is 2.40. The van der Waals surface area contributed by atoms with Gasteiger partial charge in [-0.15, -0.1) is 0 Å². The van der Waals surface area contributed by atoms with Gasteiger partial charge in [0.05, 0.1) is 4.47 Å². The summed E-state index contributed by atoms with van der Waals surface area (Å²) in [5.74, 6) is -0.715. The fourth-order valence-electron chi connectivity index (χ4n) is 1.96. The van der Waals surface area contributed by atoms with Crippen LogP contribution in [0.25, 0.3) is 11.0 Å². The van der Waals surface area contributed by atoms with E-state index in [-0.39, 0.29) is 5.76 Å². The summed E-state index contributed by atoms with van der Waals surface area (Å²) in [4.78, 5) is 11.2. The molecule has 0 radical (unpaired) electrons. The number of carbonyl (C=O) groups is 1. The summed E-state index contributed by atoms with van der Waals surface area (Å²) in [6, 6.07) is 3.44. The lowest BCUT2D eigenvalue weighted by atomic mass is 10.00. The number of halogens is 2. The molecule has 2 aromatic rings. The van der Waals surface area contributed by atoms with Crippen LogP contribution in [0.3, 0.4) is 0 Å². The first-order valence-electron chi connectivity index (χ1n) is 5.54. The second-order valence-corrected chi connectivity index (χ2v) is 5.87. The first kappa shape index (κ1) is 13.4. The van der Waals surface area contributed by atoms with Crippen molar-refractivity contribution in [2.45, 2.75) is 20.3 Å². The zero-order valence-corrected chi connectivity index (χ0v) is 12.3. The van der Waals surface area contributed by atoms with Gasteiger partial charge in [-0.2, -0.15) is 0 Å². The number of carboxylic acid groups (broad SMARTS) is 1. The molecule has 0 aliphatic rings. The van der Waals surface area contributed by atoms with Gasteiger partial charge in [0.2, 0.25) is 5.76 Å². The van der Waals surface area contributed by atoms with Crippen molar-refractivity contribution in [1.29, 1.82) is 0 Å². The minimum absolute atomic E-state index is 0.00154. The van der Waals surface area contributed by atoms with Crippen molar-refractivity contribution in [1.82, 2.24) is 0 Å². The molecule has 0 saturated carbocycles. The van der Waals surface area contributed by atoms with Gasteiger partial charge < -0.3 is 9.52 Å².